The Labute approximate surface area is 163 Å². The fourth-order valence-corrected chi connectivity index (χ4v) is 2.46. The number of likely N-dealkylation sites (N-methyl/N-ethyl adjacent to an activating group) is 1. The van der Waals surface area contributed by atoms with Gasteiger partial charge in [-0.2, -0.15) is 5.10 Å². The molecule has 0 bridgehead atoms. The van der Waals surface area contributed by atoms with Crippen LogP contribution in [0.15, 0.2) is 46.9 Å². The predicted octanol–water partition coefficient (Wildman–Crippen LogP) is 2.27. The molecule has 1 unspecified atom stereocenters. The number of hydrogen-bond donors (Lipinski definition) is 3. The zero-order valence-electron chi connectivity index (χ0n) is 16.4. The quantitative estimate of drug-likeness (QED) is 0.175. The van der Waals surface area contributed by atoms with Gasteiger partial charge in [-0.1, -0.05) is 24.3 Å². The van der Waals surface area contributed by atoms with E-state index in [9.17, 15) is 4.79 Å². The summed E-state index contributed by atoms with van der Waals surface area (Å²) in [4.78, 5) is 20.8. The minimum absolute atomic E-state index is 0.0575. The molecule has 9 heteroatoms. The van der Waals surface area contributed by atoms with Crippen LogP contribution in [0.1, 0.15) is 31.9 Å². The van der Waals surface area contributed by atoms with Crippen molar-refractivity contribution in [2.75, 3.05) is 7.05 Å². The Morgan fingerprint density at radius 2 is 1.86 bits per heavy atom. The summed E-state index contributed by atoms with van der Waals surface area (Å²) < 4.78 is 5.44. The van der Waals surface area contributed by atoms with Crippen LogP contribution in [0.5, 0.6) is 0 Å². The molecule has 0 spiro atoms. The Morgan fingerprint density at radius 3 is 2.32 bits per heavy atom. The molecule has 0 aliphatic carbocycles. The zero-order valence-corrected chi connectivity index (χ0v) is 16.4. The molecule has 0 radical (unpaired) electrons. The van der Waals surface area contributed by atoms with Crippen molar-refractivity contribution in [3.05, 3.63) is 47.8 Å². The van der Waals surface area contributed by atoms with E-state index in [1.54, 1.807) is 7.05 Å². The van der Waals surface area contributed by atoms with Crippen molar-refractivity contribution in [2.24, 2.45) is 16.1 Å². The summed E-state index contributed by atoms with van der Waals surface area (Å²) in [6, 6.07) is 7.20. The summed E-state index contributed by atoms with van der Waals surface area (Å²) in [6.45, 7) is 5.54. The Balaban J connectivity index is 2.10. The van der Waals surface area contributed by atoms with Gasteiger partial charge in [0.15, 0.2) is 5.82 Å². The number of aromatic nitrogens is 2. The molecule has 0 aliphatic rings. The molecule has 1 aromatic heterocycles. The van der Waals surface area contributed by atoms with Crippen molar-refractivity contribution in [1.82, 2.24) is 15.3 Å². The Bertz CT molecular complexity index is 840. The smallest absolute Gasteiger partial charge is 0.323 e. The minimum atomic E-state index is -0.527. The zero-order chi connectivity index (χ0) is 20.7. The summed E-state index contributed by atoms with van der Waals surface area (Å²) in [5, 5.41) is 9.62. The molecule has 0 amide bonds. The topological polar surface area (TPSA) is 139 Å². The highest BCUT2D eigenvalue weighted by atomic mass is 16.6. The molecule has 2 aromatic rings. The van der Waals surface area contributed by atoms with E-state index in [4.69, 9.17) is 16.1 Å². The molecule has 0 fully saturated rings. The van der Waals surface area contributed by atoms with Gasteiger partial charge in [0.25, 0.3) is 0 Å². The first-order chi connectivity index (χ1) is 13.3. The third kappa shape index (κ3) is 5.65. The second-order valence-electron chi connectivity index (χ2n) is 7.14. The lowest BCUT2D eigenvalue weighted by Gasteiger charge is -2.23. The van der Waals surface area contributed by atoms with Crippen LogP contribution >= 0.6 is 0 Å². The molecule has 28 heavy (non-hydrogen) atoms. The second-order valence-corrected chi connectivity index (χ2v) is 7.14. The van der Waals surface area contributed by atoms with Crippen LogP contribution in [0.2, 0.25) is 0 Å². The standard InChI is InChI=1S/C19H25N7O2/c1-19(2,3)28-18(27)15(22-4)9-12-5-7-13(8-6-12)16-23-10-14(11-24-16)17(25-20)26-21/h5-8,10-11,15,20,22H,9,21H2,1-4H3/b25-20?,26-17-. The SMILES string of the molecule is CNC(Cc1ccc(-c2ncc(/C(N=N)=N/N)cn2)cc1)C(=O)OC(C)(C)C. The summed E-state index contributed by atoms with van der Waals surface area (Å²) in [6.07, 6.45) is 3.53. The third-order valence-corrected chi connectivity index (χ3v) is 3.83. The monoisotopic (exact) mass is 383 g/mol. The van der Waals surface area contributed by atoms with Crippen LogP contribution in [0, 0.1) is 5.53 Å². The Kier molecular flexibility index (Phi) is 6.89. The van der Waals surface area contributed by atoms with E-state index in [0.29, 0.717) is 17.8 Å². The number of hydrazone groups is 1. The first-order valence-electron chi connectivity index (χ1n) is 8.74. The molecule has 4 N–H and O–H groups in total. The molecule has 0 saturated heterocycles. The van der Waals surface area contributed by atoms with E-state index in [0.717, 1.165) is 11.1 Å². The van der Waals surface area contributed by atoms with Crippen LogP contribution in [0.3, 0.4) is 0 Å². The number of rotatable bonds is 6. The van der Waals surface area contributed by atoms with Crippen LogP contribution in [0.4, 0.5) is 0 Å². The van der Waals surface area contributed by atoms with Gasteiger partial charge in [0.05, 0.1) is 5.56 Å². The largest absolute Gasteiger partial charge is 0.459 e. The molecule has 148 valence electrons. The normalized spacial score (nSPS) is 13.1. The molecule has 2 rings (SSSR count). The van der Waals surface area contributed by atoms with Crippen LogP contribution in [-0.2, 0) is 16.0 Å². The number of benzene rings is 1. The van der Waals surface area contributed by atoms with Crippen molar-refractivity contribution in [3.8, 4) is 11.4 Å². The highest BCUT2D eigenvalue weighted by molar-refractivity contribution is 5.98. The first-order valence-corrected chi connectivity index (χ1v) is 8.74. The lowest BCUT2D eigenvalue weighted by molar-refractivity contribution is -0.157. The van der Waals surface area contributed by atoms with Gasteiger partial charge in [0, 0.05) is 18.0 Å². The van der Waals surface area contributed by atoms with E-state index in [1.165, 1.54) is 12.4 Å². The van der Waals surface area contributed by atoms with E-state index >= 15 is 0 Å². The fourth-order valence-electron chi connectivity index (χ4n) is 2.46. The average molecular weight is 383 g/mol. The number of amidine groups is 1. The molecule has 1 aromatic carbocycles. The molecule has 1 atom stereocenters. The summed E-state index contributed by atoms with van der Waals surface area (Å²) in [7, 11) is 1.74. The fraction of sp³-hybridized carbons (Fsp3) is 0.368. The second kappa shape index (κ2) is 9.14. The Morgan fingerprint density at radius 1 is 1.25 bits per heavy atom. The van der Waals surface area contributed by atoms with Crippen molar-refractivity contribution < 1.29 is 9.53 Å². The van der Waals surface area contributed by atoms with Crippen molar-refractivity contribution >= 4 is 11.8 Å². The van der Waals surface area contributed by atoms with E-state index in [2.05, 4.69) is 25.5 Å². The van der Waals surface area contributed by atoms with Gasteiger partial charge in [0.2, 0.25) is 5.84 Å². The van der Waals surface area contributed by atoms with Gasteiger partial charge in [-0.3, -0.25) is 4.79 Å². The molecular formula is C19H25N7O2. The number of nitrogens with one attached hydrogen (secondary N) is 2. The third-order valence-electron chi connectivity index (χ3n) is 3.83. The van der Waals surface area contributed by atoms with Gasteiger partial charge >= 0.3 is 5.97 Å². The van der Waals surface area contributed by atoms with E-state index < -0.39 is 11.6 Å². The number of carbonyl (C=O) groups excluding carboxylic acids is 1. The maximum atomic E-state index is 12.3. The number of ether oxygens (including phenoxy) is 1. The first kappa shape index (κ1) is 21.1. The summed E-state index contributed by atoms with van der Waals surface area (Å²) in [5.41, 5.74) is 8.75. The summed E-state index contributed by atoms with van der Waals surface area (Å²) >= 11 is 0. The number of hydrogen-bond acceptors (Lipinski definition) is 8. The lowest BCUT2D eigenvalue weighted by Crippen LogP contribution is -2.41. The molecule has 0 aliphatic heterocycles. The van der Waals surface area contributed by atoms with E-state index in [-0.39, 0.29) is 11.8 Å². The van der Waals surface area contributed by atoms with Crippen LogP contribution in [-0.4, -0.2) is 40.5 Å². The maximum Gasteiger partial charge on any atom is 0.323 e. The minimum Gasteiger partial charge on any atom is -0.459 e. The molecular weight excluding hydrogens is 358 g/mol. The molecule has 9 nitrogen and oxygen atoms in total. The van der Waals surface area contributed by atoms with Gasteiger partial charge in [0.1, 0.15) is 11.6 Å². The van der Waals surface area contributed by atoms with Crippen molar-refractivity contribution in [2.45, 2.75) is 38.8 Å². The average Bonchev–Trinajstić information content (AvgIpc) is 2.67. The van der Waals surface area contributed by atoms with Crippen molar-refractivity contribution in [3.63, 3.8) is 0 Å². The molecule has 1 heterocycles. The van der Waals surface area contributed by atoms with E-state index in [1.807, 2.05) is 45.0 Å². The number of carbonyl (C=O) groups is 1. The molecule has 0 saturated carbocycles. The number of nitrogens with zero attached hydrogens (tertiary/aromatic N) is 4. The summed E-state index contributed by atoms with van der Waals surface area (Å²) in [5.74, 6) is 5.47. The predicted molar refractivity (Wildman–Crippen MR) is 106 cm³/mol. The Hall–Kier alpha value is -3.20. The van der Waals surface area contributed by atoms with Crippen LogP contribution < -0.4 is 11.2 Å². The van der Waals surface area contributed by atoms with Crippen LogP contribution in [0.25, 0.3) is 11.4 Å². The van der Waals surface area contributed by atoms with Gasteiger partial charge in [-0.05, 0) is 39.8 Å². The maximum absolute atomic E-state index is 12.3. The lowest BCUT2D eigenvalue weighted by atomic mass is 10.0. The highest BCUT2D eigenvalue weighted by Gasteiger charge is 2.24. The van der Waals surface area contributed by atoms with Gasteiger partial charge in [-0.25, -0.2) is 15.5 Å². The van der Waals surface area contributed by atoms with Crippen molar-refractivity contribution in [1.29, 1.82) is 5.53 Å². The number of nitrogens with two attached hydrogens (primary N) is 1. The van der Waals surface area contributed by atoms with Gasteiger partial charge in [-0.15, -0.1) is 5.11 Å². The van der Waals surface area contributed by atoms with Gasteiger partial charge < -0.3 is 15.9 Å². The highest BCUT2D eigenvalue weighted by Crippen LogP contribution is 2.17. The number of esters is 1.